The minimum atomic E-state index is -3.00. The molecule has 2 aromatic rings. The van der Waals surface area contributed by atoms with Crippen molar-refractivity contribution in [3.8, 4) is 0 Å². The summed E-state index contributed by atoms with van der Waals surface area (Å²) in [4.78, 5) is 19.1. The second-order valence-corrected chi connectivity index (χ2v) is 6.59. The summed E-state index contributed by atoms with van der Waals surface area (Å²) in [6.45, 7) is 3.22. The Morgan fingerprint density at radius 1 is 1.20 bits per heavy atom. The summed E-state index contributed by atoms with van der Waals surface area (Å²) in [5.74, 6) is -3.15. The van der Waals surface area contributed by atoms with Crippen molar-refractivity contribution < 1.29 is 36.9 Å². The van der Waals surface area contributed by atoms with Crippen LogP contribution in [0.3, 0.4) is 0 Å². The molecule has 1 aliphatic rings. The van der Waals surface area contributed by atoms with Crippen LogP contribution in [0, 0.1) is 12.7 Å². The van der Waals surface area contributed by atoms with Crippen LogP contribution in [-0.2, 0) is 14.3 Å². The van der Waals surface area contributed by atoms with Gasteiger partial charge in [0.05, 0.1) is 42.0 Å². The number of nitrogens with zero attached hydrogens (tertiary/aromatic N) is 2. The number of aryl methyl sites for hydroxylation is 1. The third-order valence-corrected chi connectivity index (χ3v) is 4.50. The van der Waals surface area contributed by atoms with E-state index in [2.05, 4.69) is 15.3 Å². The predicted molar refractivity (Wildman–Crippen MR) is 93.7 cm³/mol. The Morgan fingerprint density at radius 2 is 1.83 bits per heavy atom. The first kappa shape index (κ1) is 21.9. The lowest BCUT2D eigenvalue weighted by atomic mass is 10.0. The number of hydrogen-bond donors (Lipinski definition) is 1. The number of nitrogens with one attached hydrogen (secondary N) is 1. The minimum absolute atomic E-state index is 0.0205. The highest BCUT2D eigenvalue weighted by atomic mass is 19.3. The van der Waals surface area contributed by atoms with E-state index in [4.69, 9.17) is 9.47 Å². The summed E-state index contributed by atoms with van der Waals surface area (Å²) in [6.07, 6.45) is -6.76. The van der Waals surface area contributed by atoms with Gasteiger partial charge in [0, 0.05) is 5.56 Å². The van der Waals surface area contributed by atoms with Gasteiger partial charge in [-0.25, -0.2) is 27.5 Å². The molecule has 7 nitrogen and oxygen atoms in total. The molecule has 1 unspecified atom stereocenters. The van der Waals surface area contributed by atoms with Crippen molar-refractivity contribution in [2.45, 2.75) is 38.8 Å². The number of aliphatic carboxylic acids is 1. The van der Waals surface area contributed by atoms with Gasteiger partial charge in [-0.05, 0) is 13.8 Å². The van der Waals surface area contributed by atoms with Gasteiger partial charge in [-0.1, -0.05) is 18.2 Å². The number of aromatic nitrogens is 2. The zero-order chi connectivity index (χ0) is 22.0. The summed E-state index contributed by atoms with van der Waals surface area (Å²) in [7, 11) is 0. The lowest BCUT2D eigenvalue weighted by Crippen LogP contribution is -2.29. The van der Waals surface area contributed by atoms with Crippen LogP contribution in [0.25, 0.3) is 0 Å². The zero-order valence-electron chi connectivity index (χ0n) is 16.0. The van der Waals surface area contributed by atoms with Gasteiger partial charge >= 0.3 is 0 Å². The number of rotatable bonds is 7. The molecule has 11 heteroatoms. The average Bonchev–Trinajstić information content (AvgIpc) is 3.20. The van der Waals surface area contributed by atoms with Gasteiger partial charge in [-0.2, -0.15) is 0 Å². The maximum atomic E-state index is 14.5. The van der Waals surface area contributed by atoms with Crippen LogP contribution in [0.5, 0.6) is 0 Å². The Balaban J connectivity index is 2.05. The first-order chi connectivity index (χ1) is 14.2. The summed E-state index contributed by atoms with van der Waals surface area (Å²) in [6, 6.07) is 2.68. The Morgan fingerprint density at radius 3 is 2.43 bits per heavy atom. The molecule has 1 aromatic carbocycles. The second-order valence-electron chi connectivity index (χ2n) is 6.59. The second kappa shape index (κ2) is 8.92. The third kappa shape index (κ3) is 4.36. The van der Waals surface area contributed by atoms with Gasteiger partial charge < -0.3 is 24.7 Å². The summed E-state index contributed by atoms with van der Waals surface area (Å²) in [5.41, 5.74) is -1.48. The Bertz CT molecular complexity index is 938. The van der Waals surface area contributed by atoms with Gasteiger partial charge in [0.15, 0.2) is 12.5 Å². The fraction of sp³-hybridized carbons (Fsp3) is 0.421. The van der Waals surface area contributed by atoms with Crippen molar-refractivity contribution in [2.24, 2.45) is 0 Å². The predicted octanol–water partition coefficient (Wildman–Crippen LogP) is 2.84. The molecule has 2 heterocycles. The molecule has 0 aliphatic carbocycles. The quantitative estimate of drug-likeness (QED) is 0.678. The number of carbonyl (C=O) groups excluding carboxylic acids is 1. The van der Waals surface area contributed by atoms with E-state index in [1.807, 2.05) is 0 Å². The molecule has 1 aromatic heterocycles. The van der Waals surface area contributed by atoms with E-state index < -0.39 is 48.0 Å². The highest BCUT2D eigenvalue weighted by Crippen LogP contribution is 2.37. The standard InChI is InChI=1S/C19H19F4N3O4/c1-8(10-4-3-5-11(13(10)20)16(22)23)24-17-12(19-29-6-7-30-19)15(14(21)18(27)28)25-9(2)26-17/h3-5,8,14,16,19H,6-7H2,1-2H3,(H,27,28)(H,24,25,26)/p-1/t8-,14?/m1/s1. The molecule has 1 saturated heterocycles. The van der Waals surface area contributed by atoms with E-state index in [9.17, 15) is 27.5 Å². The SMILES string of the molecule is Cc1nc(N[C@H](C)c2cccc(C(F)F)c2F)c(C2OCCO2)c(C(F)C(=O)[O-])n1. The van der Waals surface area contributed by atoms with Crippen molar-refractivity contribution in [1.29, 1.82) is 0 Å². The number of halogens is 4. The van der Waals surface area contributed by atoms with E-state index in [1.54, 1.807) is 0 Å². The number of anilines is 1. The molecule has 1 fully saturated rings. The molecule has 0 spiro atoms. The first-order valence-electron chi connectivity index (χ1n) is 9.00. The van der Waals surface area contributed by atoms with E-state index in [-0.39, 0.29) is 36.0 Å². The highest BCUT2D eigenvalue weighted by molar-refractivity contribution is 5.73. The number of carboxylic acids is 1. The van der Waals surface area contributed by atoms with E-state index >= 15 is 0 Å². The van der Waals surface area contributed by atoms with Crippen LogP contribution < -0.4 is 10.4 Å². The van der Waals surface area contributed by atoms with Crippen LogP contribution in [0.4, 0.5) is 23.4 Å². The van der Waals surface area contributed by atoms with Crippen LogP contribution >= 0.6 is 0 Å². The Kier molecular flexibility index (Phi) is 6.52. The Labute approximate surface area is 169 Å². The molecule has 30 heavy (non-hydrogen) atoms. The fourth-order valence-corrected chi connectivity index (χ4v) is 3.13. The van der Waals surface area contributed by atoms with E-state index in [0.29, 0.717) is 0 Å². The normalized spacial score (nSPS) is 16.6. The van der Waals surface area contributed by atoms with Crippen molar-refractivity contribution in [3.63, 3.8) is 0 Å². The van der Waals surface area contributed by atoms with Gasteiger partial charge in [0.25, 0.3) is 6.43 Å². The van der Waals surface area contributed by atoms with E-state index in [0.717, 1.165) is 6.07 Å². The molecule has 2 atom stereocenters. The van der Waals surface area contributed by atoms with Crippen LogP contribution in [0.15, 0.2) is 18.2 Å². The highest BCUT2D eigenvalue weighted by Gasteiger charge is 2.32. The maximum Gasteiger partial charge on any atom is 0.266 e. The van der Waals surface area contributed by atoms with Gasteiger partial charge in [-0.3, -0.25) is 0 Å². The number of benzene rings is 1. The van der Waals surface area contributed by atoms with Gasteiger partial charge in [-0.15, -0.1) is 0 Å². The molecular weight excluding hydrogens is 410 g/mol. The molecule has 1 aliphatic heterocycles. The summed E-state index contributed by atoms with van der Waals surface area (Å²) >= 11 is 0. The largest absolute Gasteiger partial charge is 0.547 e. The van der Waals surface area contributed by atoms with Crippen LogP contribution in [-0.4, -0.2) is 29.2 Å². The monoisotopic (exact) mass is 428 g/mol. The molecule has 0 amide bonds. The number of hydrogen-bond acceptors (Lipinski definition) is 7. The Hall–Kier alpha value is -2.79. The van der Waals surface area contributed by atoms with E-state index in [1.165, 1.54) is 26.0 Å². The van der Waals surface area contributed by atoms with Gasteiger partial charge in [0.1, 0.15) is 17.5 Å². The molecule has 1 N–H and O–H groups in total. The lowest BCUT2D eigenvalue weighted by molar-refractivity contribution is -0.312. The molecular formula is C19H18F4N3O4-. The molecule has 0 radical (unpaired) electrons. The average molecular weight is 428 g/mol. The number of alkyl halides is 3. The van der Waals surface area contributed by atoms with Crippen molar-refractivity contribution in [2.75, 3.05) is 18.5 Å². The maximum absolute atomic E-state index is 14.5. The first-order valence-corrected chi connectivity index (χ1v) is 9.00. The van der Waals surface area contributed by atoms with Crippen LogP contribution in [0.1, 0.15) is 60.1 Å². The third-order valence-electron chi connectivity index (χ3n) is 4.50. The van der Waals surface area contributed by atoms with Crippen molar-refractivity contribution in [3.05, 3.63) is 52.2 Å². The topological polar surface area (TPSA) is 96.4 Å². The number of carboxylic acid groups (broad SMARTS) is 1. The molecule has 3 rings (SSSR count). The fourth-order valence-electron chi connectivity index (χ4n) is 3.13. The zero-order valence-corrected chi connectivity index (χ0v) is 16.0. The summed E-state index contributed by atoms with van der Waals surface area (Å²) in [5, 5.41) is 13.9. The van der Waals surface area contributed by atoms with Crippen LogP contribution in [0.2, 0.25) is 0 Å². The number of ether oxygens (including phenoxy) is 2. The van der Waals surface area contributed by atoms with Crippen molar-refractivity contribution in [1.82, 2.24) is 9.97 Å². The molecule has 0 bridgehead atoms. The number of carbonyl (C=O) groups is 1. The lowest BCUT2D eigenvalue weighted by Gasteiger charge is -2.24. The van der Waals surface area contributed by atoms with Gasteiger partial charge in [0.2, 0.25) is 0 Å². The van der Waals surface area contributed by atoms with Crippen molar-refractivity contribution >= 4 is 11.8 Å². The summed E-state index contributed by atoms with van der Waals surface area (Å²) < 4.78 is 65.6. The molecule has 162 valence electrons. The smallest absolute Gasteiger partial charge is 0.266 e. The molecule has 0 saturated carbocycles. The minimum Gasteiger partial charge on any atom is -0.547 e.